The van der Waals surface area contributed by atoms with Crippen LogP contribution in [-0.2, 0) is 22.6 Å². The largest absolute Gasteiger partial charge is 0.508 e. The quantitative estimate of drug-likeness (QED) is 0.412. The van der Waals surface area contributed by atoms with Gasteiger partial charge in [0.25, 0.3) is 0 Å². The third-order valence-corrected chi connectivity index (χ3v) is 5.67. The molecule has 0 spiro atoms. The number of carbonyl (C=O) groups is 2. The Morgan fingerprint density at radius 1 is 1.34 bits per heavy atom. The highest BCUT2D eigenvalue weighted by Crippen LogP contribution is 2.26. The molecule has 1 aliphatic heterocycles. The molecular weight excluding hydrogens is 410 g/mol. The summed E-state index contributed by atoms with van der Waals surface area (Å²) in [7, 11) is 1.56. The SMILES string of the molecule is COc1cc(O)cc(C[C@@H]2CN[C@@H](C(=O)N[C@@H](C)C(=O)NCc3ccc(N)nc3C)C2)c1. The van der Waals surface area contributed by atoms with Gasteiger partial charge in [-0.1, -0.05) is 6.07 Å². The monoisotopic (exact) mass is 441 g/mol. The van der Waals surface area contributed by atoms with Crippen LogP contribution in [0.3, 0.4) is 0 Å². The third kappa shape index (κ3) is 6.10. The first-order valence-electron chi connectivity index (χ1n) is 10.7. The van der Waals surface area contributed by atoms with Crippen LogP contribution >= 0.6 is 0 Å². The molecule has 0 saturated carbocycles. The minimum atomic E-state index is -0.666. The van der Waals surface area contributed by atoms with E-state index in [-0.39, 0.29) is 29.5 Å². The number of nitrogens with two attached hydrogens (primary N) is 1. The van der Waals surface area contributed by atoms with Crippen LogP contribution in [0.2, 0.25) is 0 Å². The molecular formula is C23H31N5O4. The number of rotatable bonds is 8. The van der Waals surface area contributed by atoms with Gasteiger partial charge >= 0.3 is 0 Å². The van der Waals surface area contributed by atoms with Gasteiger partial charge < -0.3 is 31.5 Å². The predicted octanol–water partition coefficient (Wildman–Crippen LogP) is 1.03. The number of methoxy groups -OCH3 is 1. The van der Waals surface area contributed by atoms with Gasteiger partial charge in [-0.25, -0.2) is 4.98 Å². The summed E-state index contributed by atoms with van der Waals surface area (Å²) in [6.45, 7) is 4.49. The first-order valence-corrected chi connectivity index (χ1v) is 10.7. The van der Waals surface area contributed by atoms with Crippen molar-refractivity contribution in [3.05, 3.63) is 47.2 Å². The zero-order valence-electron chi connectivity index (χ0n) is 18.6. The number of carbonyl (C=O) groups excluding carboxylic acids is 2. The molecule has 3 atom stereocenters. The van der Waals surface area contributed by atoms with Crippen molar-refractivity contribution >= 4 is 17.6 Å². The summed E-state index contributed by atoms with van der Waals surface area (Å²) in [5.74, 6) is 0.963. The van der Waals surface area contributed by atoms with Crippen LogP contribution in [0.5, 0.6) is 11.5 Å². The molecule has 1 aliphatic rings. The van der Waals surface area contributed by atoms with E-state index < -0.39 is 6.04 Å². The number of pyridine rings is 1. The maximum absolute atomic E-state index is 12.6. The van der Waals surface area contributed by atoms with E-state index in [0.29, 0.717) is 37.5 Å². The second-order valence-corrected chi connectivity index (χ2v) is 8.23. The predicted molar refractivity (Wildman–Crippen MR) is 121 cm³/mol. The Morgan fingerprint density at radius 2 is 2.12 bits per heavy atom. The average Bonchev–Trinajstić information content (AvgIpc) is 3.21. The molecule has 2 aromatic rings. The molecule has 32 heavy (non-hydrogen) atoms. The standard InChI is InChI=1S/C23H31N5O4/c1-13-17(4-5-21(24)27-13)12-26-22(30)14(2)28-23(31)20-9-16(11-25-20)6-15-7-18(29)10-19(8-15)32-3/h4-5,7-8,10,14,16,20,25,29H,6,9,11-12H2,1-3H3,(H2,24,27)(H,26,30)(H,28,31)/t14-,16-,20+/m0/s1. The molecule has 0 bridgehead atoms. The molecule has 0 radical (unpaired) electrons. The number of amides is 2. The molecule has 172 valence electrons. The number of anilines is 1. The summed E-state index contributed by atoms with van der Waals surface area (Å²) in [4.78, 5) is 29.2. The molecule has 9 heteroatoms. The summed E-state index contributed by atoms with van der Waals surface area (Å²) in [5.41, 5.74) is 8.23. The lowest BCUT2D eigenvalue weighted by atomic mass is 9.96. The molecule has 2 heterocycles. The van der Waals surface area contributed by atoms with Gasteiger partial charge in [0, 0.05) is 18.3 Å². The lowest BCUT2D eigenvalue weighted by Gasteiger charge is -2.17. The summed E-state index contributed by atoms with van der Waals surface area (Å²) in [6, 6.07) is 7.64. The number of phenolic OH excluding ortho intramolecular Hbond substituents is 1. The van der Waals surface area contributed by atoms with E-state index in [4.69, 9.17) is 10.5 Å². The number of aryl methyl sites for hydroxylation is 1. The smallest absolute Gasteiger partial charge is 0.242 e. The van der Waals surface area contributed by atoms with Crippen LogP contribution in [-0.4, -0.2) is 47.6 Å². The molecule has 6 N–H and O–H groups in total. The molecule has 1 aromatic carbocycles. The van der Waals surface area contributed by atoms with E-state index in [0.717, 1.165) is 16.8 Å². The number of nitrogens with one attached hydrogen (secondary N) is 3. The molecule has 9 nitrogen and oxygen atoms in total. The lowest BCUT2D eigenvalue weighted by Crippen LogP contribution is -2.50. The van der Waals surface area contributed by atoms with E-state index in [1.54, 1.807) is 32.2 Å². The molecule has 0 aliphatic carbocycles. The molecule has 0 unspecified atom stereocenters. The maximum atomic E-state index is 12.6. The Hall–Kier alpha value is -3.33. The van der Waals surface area contributed by atoms with Crippen LogP contribution in [0.4, 0.5) is 5.82 Å². The minimum absolute atomic E-state index is 0.157. The summed E-state index contributed by atoms with van der Waals surface area (Å²) < 4.78 is 5.20. The first kappa shape index (κ1) is 23.3. The Bertz CT molecular complexity index is 981. The van der Waals surface area contributed by atoms with Crippen LogP contribution < -0.4 is 26.4 Å². The molecule has 1 saturated heterocycles. The second kappa shape index (κ2) is 10.3. The number of ether oxygens (including phenoxy) is 1. The van der Waals surface area contributed by atoms with Crippen molar-refractivity contribution in [2.24, 2.45) is 5.92 Å². The van der Waals surface area contributed by atoms with Crippen LogP contribution in [0.15, 0.2) is 30.3 Å². The molecule has 3 rings (SSSR count). The van der Waals surface area contributed by atoms with E-state index in [2.05, 4.69) is 20.9 Å². The first-order chi connectivity index (χ1) is 15.2. The number of nitrogen functional groups attached to an aromatic ring is 1. The highest BCUT2D eigenvalue weighted by molar-refractivity contribution is 5.89. The number of hydrogen-bond donors (Lipinski definition) is 5. The van der Waals surface area contributed by atoms with E-state index in [1.165, 1.54) is 0 Å². The average molecular weight is 442 g/mol. The Balaban J connectivity index is 1.47. The fourth-order valence-corrected chi connectivity index (χ4v) is 3.89. The van der Waals surface area contributed by atoms with Gasteiger partial charge in [0.05, 0.1) is 13.2 Å². The second-order valence-electron chi connectivity index (χ2n) is 8.23. The summed E-state index contributed by atoms with van der Waals surface area (Å²) in [6.07, 6.45) is 1.36. The van der Waals surface area contributed by atoms with Crippen molar-refractivity contribution in [1.82, 2.24) is 20.9 Å². The number of aromatic hydroxyl groups is 1. The van der Waals surface area contributed by atoms with Crippen molar-refractivity contribution in [3.8, 4) is 11.5 Å². The van der Waals surface area contributed by atoms with Crippen LogP contribution in [0.25, 0.3) is 0 Å². The highest BCUT2D eigenvalue weighted by atomic mass is 16.5. The van der Waals surface area contributed by atoms with Crippen molar-refractivity contribution < 1.29 is 19.4 Å². The van der Waals surface area contributed by atoms with Gasteiger partial charge in [-0.3, -0.25) is 9.59 Å². The molecule has 1 fully saturated rings. The van der Waals surface area contributed by atoms with Crippen molar-refractivity contribution in [2.45, 2.75) is 45.3 Å². The number of benzene rings is 1. The molecule has 2 amide bonds. The maximum Gasteiger partial charge on any atom is 0.242 e. The normalized spacial score (nSPS) is 18.7. The zero-order chi connectivity index (χ0) is 23.3. The van der Waals surface area contributed by atoms with Gasteiger partial charge in [0.1, 0.15) is 23.4 Å². The molecule has 1 aromatic heterocycles. The van der Waals surface area contributed by atoms with Crippen molar-refractivity contribution in [3.63, 3.8) is 0 Å². The van der Waals surface area contributed by atoms with E-state index >= 15 is 0 Å². The Labute approximate surface area is 187 Å². The van der Waals surface area contributed by atoms with E-state index in [1.807, 2.05) is 19.1 Å². The van der Waals surface area contributed by atoms with Gasteiger partial charge in [-0.2, -0.15) is 0 Å². The summed E-state index contributed by atoms with van der Waals surface area (Å²) >= 11 is 0. The lowest BCUT2D eigenvalue weighted by molar-refractivity contribution is -0.129. The van der Waals surface area contributed by atoms with E-state index in [9.17, 15) is 14.7 Å². The highest BCUT2D eigenvalue weighted by Gasteiger charge is 2.31. The van der Waals surface area contributed by atoms with Gasteiger partial charge in [-0.15, -0.1) is 0 Å². The Morgan fingerprint density at radius 3 is 2.84 bits per heavy atom. The van der Waals surface area contributed by atoms with Gasteiger partial charge in [0.15, 0.2) is 0 Å². The minimum Gasteiger partial charge on any atom is -0.508 e. The topological polar surface area (TPSA) is 139 Å². The zero-order valence-corrected chi connectivity index (χ0v) is 18.6. The fourth-order valence-electron chi connectivity index (χ4n) is 3.89. The van der Waals surface area contributed by atoms with Crippen LogP contribution in [0, 0.1) is 12.8 Å². The fraction of sp³-hybridized carbons (Fsp3) is 0.435. The number of aromatic nitrogens is 1. The number of phenols is 1. The summed E-state index contributed by atoms with van der Waals surface area (Å²) in [5, 5.41) is 18.7. The Kier molecular flexibility index (Phi) is 7.53. The van der Waals surface area contributed by atoms with Crippen LogP contribution in [0.1, 0.15) is 30.2 Å². The third-order valence-electron chi connectivity index (χ3n) is 5.67. The number of nitrogens with zero attached hydrogens (tertiary/aromatic N) is 1. The number of hydrogen-bond acceptors (Lipinski definition) is 7. The van der Waals surface area contributed by atoms with Crippen molar-refractivity contribution in [2.75, 3.05) is 19.4 Å². The van der Waals surface area contributed by atoms with Crippen molar-refractivity contribution in [1.29, 1.82) is 0 Å². The van der Waals surface area contributed by atoms with Gasteiger partial charge in [0.2, 0.25) is 11.8 Å². The van der Waals surface area contributed by atoms with Gasteiger partial charge in [-0.05, 0) is 68.5 Å².